The molecule has 1 N–H and O–H groups in total. The van der Waals surface area contributed by atoms with Crippen LogP contribution in [0.1, 0.15) is 26.7 Å². The molecule has 1 heterocycles. The molecule has 1 aliphatic heterocycles. The molecular weight excluding hydrogens is 170 g/mol. The first-order chi connectivity index (χ1) is 5.64. The smallest absolute Gasteiger partial charge is 0.0645 e. The third kappa shape index (κ3) is 3.33. The molecule has 0 aromatic carbocycles. The van der Waals surface area contributed by atoms with Gasteiger partial charge in [-0.15, -0.1) is 11.8 Å². The van der Waals surface area contributed by atoms with E-state index in [1.54, 1.807) is 7.11 Å². The molecule has 1 rings (SSSR count). The molecule has 1 atom stereocenters. The van der Waals surface area contributed by atoms with E-state index in [0.717, 1.165) is 13.0 Å². The molecule has 0 aromatic heterocycles. The van der Waals surface area contributed by atoms with Gasteiger partial charge in [0.15, 0.2) is 0 Å². The SMILES string of the molecule is COC(C)(C)CC1NCCCS1. The molecule has 0 spiro atoms. The zero-order valence-electron chi connectivity index (χ0n) is 8.22. The molecule has 1 unspecified atom stereocenters. The van der Waals surface area contributed by atoms with Crippen LogP contribution in [-0.4, -0.2) is 30.4 Å². The molecular formula is C9H19NOS. The average molecular weight is 189 g/mol. The zero-order valence-corrected chi connectivity index (χ0v) is 9.04. The lowest BCUT2D eigenvalue weighted by molar-refractivity contribution is 0.0134. The van der Waals surface area contributed by atoms with E-state index >= 15 is 0 Å². The van der Waals surface area contributed by atoms with Gasteiger partial charge in [0.1, 0.15) is 0 Å². The van der Waals surface area contributed by atoms with Crippen LogP contribution in [-0.2, 0) is 4.74 Å². The molecule has 0 amide bonds. The minimum atomic E-state index is 0.0159. The van der Waals surface area contributed by atoms with Crippen LogP contribution in [0.2, 0.25) is 0 Å². The van der Waals surface area contributed by atoms with Crippen LogP contribution in [0.25, 0.3) is 0 Å². The summed E-state index contributed by atoms with van der Waals surface area (Å²) in [4.78, 5) is 0. The summed E-state index contributed by atoms with van der Waals surface area (Å²) in [5.41, 5.74) is 0.0159. The van der Waals surface area contributed by atoms with E-state index in [1.165, 1.54) is 12.2 Å². The largest absolute Gasteiger partial charge is 0.379 e. The predicted molar refractivity (Wildman–Crippen MR) is 54.6 cm³/mol. The number of nitrogens with one attached hydrogen (secondary N) is 1. The highest BCUT2D eigenvalue weighted by molar-refractivity contribution is 7.99. The standard InChI is InChI=1S/C9H19NOS/c1-9(2,11-3)7-8-10-5-4-6-12-8/h8,10H,4-7H2,1-3H3. The lowest BCUT2D eigenvalue weighted by Gasteiger charge is -2.31. The Balaban J connectivity index is 2.28. The van der Waals surface area contributed by atoms with E-state index in [1.807, 2.05) is 11.8 Å². The van der Waals surface area contributed by atoms with E-state index in [2.05, 4.69) is 19.2 Å². The van der Waals surface area contributed by atoms with E-state index < -0.39 is 0 Å². The van der Waals surface area contributed by atoms with Gasteiger partial charge in [0.25, 0.3) is 0 Å². The third-order valence-electron chi connectivity index (χ3n) is 2.24. The van der Waals surface area contributed by atoms with Crippen LogP contribution >= 0.6 is 11.8 Å². The number of methoxy groups -OCH3 is 1. The predicted octanol–water partition coefficient (Wildman–Crippen LogP) is 1.85. The summed E-state index contributed by atoms with van der Waals surface area (Å²) in [5.74, 6) is 1.29. The molecule has 1 fully saturated rings. The Morgan fingerprint density at radius 3 is 2.83 bits per heavy atom. The van der Waals surface area contributed by atoms with Crippen molar-refractivity contribution in [1.82, 2.24) is 5.32 Å². The number of hydrogen-bond acceptors (Lipinski definition) is 3. The first-order valence-electron chi connectivity index (χ1n) is 4.54. The van der Waals surface area contributed by atoms with Gasteiger partial charge in [0.05, 0.1) is 11.0 Å². The van der Waals surface area contributed by atoms with Gasteiger partial charge in [-0.3, -0.25) is 0 Å². The minimum Gasteiger partial charge on any atom is -0.379 e. The Labute approximate surface area is 79.4 Å². The van der Waals surface area contributed by atoms with Crippen LogP contribution in [0.15, 0.2) is 0 Å². The third-order valence-corrected chi connectivity index (χ3v) is 3.50. The topological polar surface area (TPSA) is 21.3 Å². The summed E-state index contributed by atoms with van der Waals surface area (Å²) < 4.78 is 5.39. The van der Waals surface area contributed by atoms with Crippen molar-refractivity contribution in [3.63, 3.8) is 0 Å². The highest BCUT2D eigenvalue weighted by Gasteiger charge is 2.23. The van der Waals surface area contributed by atoms with E-state index in [4.69, 9.17) is 4.74 Å². The van der Waals surface area contributed by atoms with Gasteiger partial charge in [-0.2, -0.15) is 0 Å². The second-order valence-electron chi connectivity index (χ2n) is 3.84. The van der Waals surface area contributed by atoms with Crippen molar-refractivity contribution in [2.45, 2.75) is 37.7 Å². The Kier molecular flexibility index (Phi) is 3.87. The second kappa shape index (κ2) is 4.49. The molecule has 0 bridgehead atoms. The summed E-state index contributed by atoms with van der Waals surface area (Å²) in [6.07, 6.45) is 2.39. The molecule has 0 saturated carbocycles. The van der Waals surface area contributed by atoms with Crippen molar-refractivity contribution >= 4 is 11.8 Å². The van der Waals surface area contributed by atoms with E-state index in [0.29, 0.717) is 5.37 Å². The van der Waals surface area contributed by atoms with Gasteiger partial charge in [-0.05, 0) is 32.6 Å². The summed E-state index contributed by atoms with van der Waals surface area (Å²) in [6, 6.07) is 0. The minimum absolute atomic E-state index is 0.0159. The van der Waals surface area contributed by atoms with Crippen LogP contribution in [0, 0.1) is 0 Å². The summed E-state index contributed by atoms with van der Waals surface area (Å²) in [5, 5.41) is 4.08. The normalized spacial score (nSPS) is 25.8. The Hall–Kier alpha value is 0.270. The molecule has 0 aromatic rings. The van der Waals surface area contributed by atoms with Crippen molar-refractivity contribution in [2.75, 3.05) is 19.4 Å². The monoisotopic (exact) mass is 189 g/mol. The van der Waals surface area contributed by atoms with Crippen molar-refractivity contribution in [3.8, 4) is 0 Å². The second-order valence-corrected chi connectivity index (χ2v) is 5.15. The fourth-order valence-corrected chi connectivity index (χ4v) is 2.63. The van der Waals surface area contributed by atoms with Gasteiger partial charge in [0, 0.05) is 13.5 Å². The molecule has 0 radical (unpaired) electrons. The van der Waals surface area contributed by atoms with Gasteiger partial charge in [-0.25, -0.2) is 0 Å². The van der Waals surface area contributed by atoms with E-state index in [9.17, 15) is 0 Å². The Bertz CT molecular complexity index is 132. The van der Waals surface area contributed by atoms with Crippen LogP contribution in [0.3, 0.4) is 0 Å². The van der Waals surface area contributed by atoms with Gasteiger partial charge >= 0.3 is 0 Å². The number of thioether (sulfide) groups is 1. The van der Waals surface area contributed by atoms with Crippen molar-refractivity contribution in [2.24, 2.45) is 0 Å². The quantitative estimate of drug-likeness (QED) is 0.732. The number of hydrogen-bond donors (Lipinski definition) is 1. The summed E-state index contributed by atoms with van der Waals surface area (Å²) in [6.45, 7) is 5.45. The van der Waals surface area contributed by atoms with Gasteiger partial charge in [-0.1, -0.05) is 0 Å². The lowest BCUT2D eigenvalue weighted by Crippen LogP contribution is -2.38. The molecule has 2 nitrogen and oxygen atoms in total. The molecule has 1 saturated heterocycles. The maximum absolute atomic E-state index is 5.39. The van der Waals surface area contributed by atoms with Gasteiger partial charge < -0.3 is 10.1 Å². The average Bonchev–Trinajstić information content (AvgIpc) is 2.06. The molecule has 3 heteroatoms. The van der Waals surface area contributed by atoms with Gasteiger partial charge in [0.2, 0.25) is 0 Å². The number of ether oxygens (including phenoxy) is 1. The maximum atomic E-state index is 5.39. The first kappa shape index (κ1) is 10.4. The fraction of sp³-hybridized carbons (Fsp3) is 1.00. The van der Waals surface area contributed by atoms with Crippen molar-refractivity contribution in [1.29, 1.82) is 0 Å². The van der Waals surface area contributed by atoms with E-state index in [-0.39, 0.29) is 5.60 Å². The summed E-state index contributed by atoms with van der Waals surface area (Å²) >= 11 is 2.01. The fourth-order valence-electron chi connectivity index (χ4n) is 1.28. The highest BCUT2D eigenvalue weighted by Crippen LogP contribution is 2.24. The van der Waals surface area contributed by atoms with Crippen LogP contribution in [0.4, 0.5) is 0 Å². The zero-order chi connectivity index (χ0) is 9.03. The highest BCUT2D eigenvalue weighted by atomic mass is 32.2. The molecule has 1 aliphatic rings. The van der Waals surface area contributed by atoms with Crippen LogP contribution < -0.4 is 5.32 Å². The molecule has 72 valence electrons. The molecule has 12 heavy (non-hydrogen) atoms. The van der Waals surface area contributed by atoms with Crippen molar-refractivity contribution in [3.05, 3.63) is 0 Å². The number of rotatable bonds is 3. The lowest BCUT2D eigenvalue weighted by atomic mass is 10.1. The maximum Gasteiger partial charge on any atom is 0.0645 e. The summed E-state index contributed by atoms with van der Waals surface area (Å²) in [7, 11) is 1.79. The Morgan fingerprint density at radius 1 is 1.58 bits per heavy atom. The molecule has 0 aliphatic carbocycles. The first-order valence-corrected chi connectivity index (χ1v) is 5.59. The van der Waals surface area contributed by atoms with Crippen molar-refractivity contribution < 1.29 is 4.74 Å². The Morgan fingerprint density at radius 2 is 2.33 bits per heavy atom. The van der Waals surface area contributed by atoms with Crippen LogP contribution in [0.5, 0.6) is 0 Å².